The van der Waals surface area contributed by atoms with Gasteiger partial charge in [-0.25, -0.2) is 4.79 Å². The molecule has 6 heteroatoms. The number of carbonyl (C=O) groups excluding carboxylic acids is 1. The first-order chi connectivity index (χ1) is 10.2. The smallest absolute Gasteiger partial charge is 0.407 e. The summed E-state index contributed by atoms with van der Waals surface area (Å²) in [5.74, 6) is 0. The van der Waals surface area contributed by atoms with Crippen molar-refractivity contribution >= 4 is 6.09 Å². The molecule has 0 aliphatic heterocycles. The van der Waals surface area contributed by atoms with Crippen molar-refractivity contribution < 1.29 is 19.7 Å². The SMILES string of the molecule is CC(C)(C)OC(=O)NC1CCC(O)C1.CNC1CCC(O)C1. The zero-order chi connectivity index (χ0) is 16.8. The standard InChI is InChI=1S/C10H19NO3.C6H13NO/c1-10(2,3)14-9(13)11-7-4-5-8(12)6-7;1-7-5-2-3-6(8)4-5/h7-8,12H,4-6H2,1-3H3,(H,11,13);5-8H,2-4H2,1H3. The van der Waals surface area contributed by atoms with Crippen molar-refractivity contribution in [2.45, 2.75) is 89.2 Å². The fourth-order valence-corrected chi connectivity index (χ4v) is 2.78. The van der Waals surface area contributed by atoms with Crippen LogP contribution in [-0.2, 0) is 4.74 Å². The van der Waals surface area contributed by atoms with Crippen LogP contribution < -0.4 is 10.6 Å². The summed E-state index contributed by atoms with van der Waals surface area (Å²) in [7, 11) is 1.95. The number of aliphatic hydroxyl groups excluding tert-OH is 2. The van der Waals surface area contributed by atoms with E-state index in [-0.39, 0.29) is 18.2 Å². The Balaban J connectivity index is 0.000000255. The fraction of sp³-hybridized carbons (Fsp3) is 0.938. The second-order valence-electron chi connectivity index (χ2n) is 7.26. The first kappa shape index (κ1) is 19.2. The summed E-state index contributed by atoms with van der Waals surface area (Å²) in [5.41, 5.74) is -0.457. The van der Waals surface area contributed by atoms with Crippen LogP contribution in [0, 0.1) is 0 Å². The molecular formula is C16H32N2O4. The number of aliphatic hydroxyl groups is 2. The summed E-state index contributed by atoms with van der Waals surface area (Å²) in [4.78, 5) is 11.3. The van der Waals surface area contributed by atoms with Crippen LogP contribution >= 0.6 is 0 Å². The summed E-state index contributed by atoms with van der Waals surface area (Å²) in [5, 5.41) is 24.1. The maximum absolute atomic E-state index is 11.3. The van der Waals surface area contributed by atoms with Crippen LogP contribution in [0.15, 0.2) is 0 Å². The molecule has 0 aromatic carbocycles. The van der Waals surface area contributed by atoms with Gasteiger partial charge in [0.15, 0.2) is 0 Å². The Kier molecular flexibility index (Phi) is 7.59. The van der Waals surface area contributed by atoms with Crippen LogP contribution in [0.1, 0.15) is 59.3 Å². The van der Waals surface area contributed by atoms with Gasteiger partial charge >= 0.3 is 6.09 Å². The minimum Gasteiger partial charge on any atom is -0.444 e. The molecule has 2 rings (SSSR count). The van der Waals surface area contributed by atoms with Crippen LogP contribution in [-0.4, -0.2) is 53.2 Å². The van der Waals surface area contributed by atoms with Crippen molar-refractivity contribution in [3.63, 3.8) is 0 Å². The van der Waals surface area contributed by atoms with E-state index < -0.39 is 11.7 Å². The van der Waals surface area contributed by atoms with Gasteiger partial charge in [-0.1, -0.05) is 0 Å². The number of alkyl carbamates (subject to hydrolysis) is 1. The molecule has 6 nitrogen and oxygen atoms in total. The molecule has 0 bridgehead atoms. The molecule has 2 aliphatic rings. The minimum absolute atomic E-state index is 0.0348. The summed E-state index contributed by atoms with van der Waals surface area (Å²) in [6, 6.07) is 0.643. The van der Waals surface area contributed by atoms with Crippen molar-refractivity contribution in [2.24, 2.45) is 0 Å². The molecule has 2 saturated carbocycles. The summed E-state index contributed by atoms with van der Waals surface area (Å²) >= 11 is 0. The number of amides is 1. The van der Waals surface area contributed by atoms with Gasteiger partial charge in [0.2, 0.25) is 0 Å². The molecule has 0 aromatic heterocycles. The molecule has 4 N–H and O–H groups in total. The lowest BCUT2D eigenvalue weighted by molar-refractivity contribution is 0.0502. The molecule has 4 unspecified atom stereocenters. The monoisotopic (exact) mass is 316 g/mol. The largest absolute Gasteiger partial charge is 0.444 e. The summed E-state index contributed by atoms with van der Waals surface area (Å²) in [6.07, 6.45) is 4.60. The Morgan fingerprint density at radius 1 is 1.00 bits per heavy atom. The third-order valence-electron chi connectivity index (χ3n) is 3.94. The van der Waals surface area contributed by atoms with Crippen molar-refractivity contribution in [2.75, 3.05) is 7.05 Å². The molecule has 2 aliphatic carbocycles. The van der Waals surface area contributed by atoms with Gasteiger partial charge < -0.3 is 25.6 Å². The molecule has 130 valence electrons. The van der Waals surface area contributed by atoms with Gasteiger partial charge in [-0.3, -0.25) is 0 Å². The molecule has 0 saturated heterocycles. The normalized spacial score (nSPS) is 31.4. The Morgan fingerprint density at radius 2 is 1.50 bits per heavy atom. The predicted molar refractivity (Wildman–Crippen MR) is 85.7 cm³/mol. The molecular weight excluding hydrogens is 284 g/mol. The molecule has 1 amide bonds. The first-order valence-corrected chi connectivity index (χ1v) is 8.22. The van der Waals surface area contributed by atoms with Gasteiger partial charge in [-0.2, -0.15) is 0 Å². The van der Waals surface area contributed by atoms with Gasteiger partial charge in [0.1, 0.15) is 5.60 Å². The Hall–Kier alpha value is -0.850. The number of rotatable bonds is 2. The van der Waals surface area contributed by atoms with Crippen molar-refractivity contribution in [1.82, 2.24) is 10.6 Å². The Morgan fingerprint density at radius 3 is 1.82 bits per heavy atom. The van der Waals surface area contributed by atoms with Gasteiger partial charge in [-0.15, -0.1) is 0 Å². The van der Waals surface area contributed by atoms with E-state index in [4.69, 9.17) is 9.84 Å². The van der Waals surface area contributed by atoms with Crippen LogP contribution in [0.25, 0.3) is 0 Å². The van der Waals surface area contributed by atoms with Crippen molar-refractivity contribution in [3.05, 3.63) is 0 Å². The topological polar surface area (TPSA) is 90.8 Å². The van der Waals surface area contributed by atoms with Gasteiger partial charge in [0.25, 0.3) is 0 Å². The maximum Gasteiger partial charge on any atom is 0.407 e. The van der Waals surface area contributed by atoms with E-state index in [1.54, 1.807) is 0 Å². The highest BCUT2D eigenvalue weighted by Crippen LogP contribution is 2.19. The van der Waals surface area contributed by atoms with Crippen LogP contribution in [0.5, 0.6) is 0 Å². The first-order valence-electron chi connectivity index (χ1n) is 8.22. The maximum atomic E-state index is 11.3. The van der Waals surface area contributed by atoms with E-state index in [2.05, 4.69) is 10.6 Å². The van der Waals surface area contributed by atoms with Crippen LogP contribution in [0.4, 0.5) is 4.79 Å². The van der Waals surface area contributed by atoms with E-state index >= 15 is 0 Å². The van der Waals surface area contributed by atoms with E-state index in [9.17, 15) is 9.90 Å². The lowest BCUT2D eigenvalue weighted by atomic mass is 10.2. The van der Waals surface area contributed by atoms with Crippen LogP contribution in [0.2, 0.25) is 0 Å². The number of nitrogens with one attached hydrogen (secondary N) is 2. The average molecular weight is 316 g/mol. The number of ether oxygens (including phenoxy) is 1. The second-order valence-corrected chi connectivity index (χ2v) is 7.26. The lowest BCUT2D eigenvalue weighted by Crippen LogP contribution is -2.38. The number of hydrogen-bond donors (Lipinski definition) is 4. The fourth-order valence-electron chi connectivity index (χ4n) is 2.78. The van der Waals surface area contributed by atoms with Crippen molar-refractivity contribution in [1.29, 1.82) is 0 Å². The third kappa shape index (κ3) is 7.96. The van der Waals surface area contributed by atoms with E-state index in [1.165, 1.54) is 0 Å². The second kappa shape index (κ2) is 8.70. The molecule has 22 heavy (non-hydrogen) atoms. The van der Waals surface area contributed by atoms with E-state index in [0.29, 0.717) is 12.5 Å². The predicted octanol–water partition coefficient (Wildman–Crippen LogP) is 1.54. The quantitative estimate of drug-likeness (QED) is 0.620. The zero-order valence-corrected chi connectivity index (χ0v) is 14.3. The highest BCUT2D eigenvalue weighted by atomic mass is 16.6. The highest BCUT2D eigenvalue weighted by molar-refractivity contribution is 5.68. The molecule has 0 heterocycles. The molecule has 4 atom stereocenters. The summed E-state index contributed by atoms with van der Waals surface area (Å²) in [6.45, 7) is 5.49. The minimum atomic E-state index is -0.457. The molecule has 0 aromatic rings. The van der Waals surface area contributed by atoms with Gasteiger partial charge in [-0.05, 0) is 66.3 Å². The van der Waals surface area contributed by atoms with Gasteiger partial charge in [0.05, 0.1) is 12.2 Å². The average Bonchev–Trinajstić information content (AvgIpc) is 2.96. The van der Waals surface area contributed by atoms with Crippen LogP contribution in [0.3, 0.4) is 0 Å². The molecule has 0 radical (unpaired) electrons. The van der Waals surface area contributed by atoms with Crippen molar-refractivity contribution in [3.8, 4) is 0 Å². The number of carbonyl (C=O) groups is 1. The molecule has 2 fully saturated rings. The molecule has 0 spiro atoms. The highest BCUT2D eigenvalue weighted by Gasteiger charge is 2.26. The zero-order valence-electron chi connectivity index (χ0n) is 14.3. The van der Waals surface area contributed by atoms with E-state index in [0.717, 1.165) is 32.1 Å². The third-order valence-corrected chi connectivity index (χ3v) is 3.94. The summed E-state index contributed by atoms with van der Waals surface area (Å²) < 4.78 is 5.10. The Bertz CT molecular complexity index is 344. The van der Waals surface area contributed by atoms with Gasteiger partial charge in [0, 0.05) is 12.1 Å². The Labute approximate surface area is 133 Å². The van der Waals surface area contributed by atoms with E-state index in [1.807, 2.05) is 27.8 Å². The lowest BCUT2D eigenvalue weighted by Gasteiger charge is -2.21. The number of hydrogen-bond acceptors (Lipinski definition) is 5.